The van der Waals surface area contributed by atoms with Gasteiger partial charge in [-0.2, -0.15) is 0 Å². The Morgan fingerprint density at radius 1 is 1.55 bits per heavy atom. The first kappa shape index (κ1) is 15.3. The maximum atomic E-state index is 12.5. The van der Waals surface area contributed by atoms with Crippen LogP contribution < -0.4 is 4.72 Å². The first-order chi connectivity index (χ1) is 10.4. The first-order valence-electron chi connectivity index (χ1n) is 6.97. The summed E-state index contributed by atoms with van der Waals surface area (Å²) < 4.78 is 30.8. The normalized spacial score (nSPS) is 27.9. The smallest absolute Gasteiger partial charge is 0.274 e. The second-order valence-corrected chi connectivity index (χ2v) is 7.78. The molecule has 0 aromatic carbocycles. The van der Waals surface area contributed by atoms with Gasteiger partial charge in [0.05, 0.1) is 25.7 Å². The van der Waals surface area contributed by atoms with Crippen LogP contribution in [0.4, 0.5) is 0 Å². The fraction of sp³-hybridized carbons (Fsp3) is 0.615. The Labute approximate surface area is 128 Å². The second-order valence-electron chi connectivity index (χ2n) is 5.94. The minimum Gasteiger partial charge on any atom is -0.380 e. The van der Waals surface area contributed by atoms with Gasteiger partial charge in [-0.25, -0.2) is 18.1 Å². The van der Waals surface area contributed by atoms with Gasteiger partial charge in [0.15, 0.2) is 0 Å². The van der Waals surface area contributed by atoms with Gasteiger partial charge in [-0.1, -0.05) is 0 Å². The number of carbonyl (C=O) groups excluding carboxylic acids is 1. The van der Waals surface area contributed by atoms with Crippen molar-refractivity contribution in [3.63, 3.8) is 0 Å². The molecule has 0 bridgehead atoms. The van der Waals surface area contributed by atoms with E-state index in [1.807, 2.05) is 0 Å². The number of hydrogen-bond acceptors (Lipinski definition) is 6. The van der Waals surface area contributed by atoms with E-state index < -0.39 is 10.0 Å². The van der Waals surface area contributed by atoms with Gasteiger partial charge in [0.25, 0.3) is 5.91 Å². The summed E-state index contributed by atoms with van der Waals surface area (Å²) in [6.45, 7) is 2.26. The third-order valence-electron chi connectivity index (χ3n) is 4.28. The Balaban J connectivity index is 1.75. The van der Waals surface area contributed by atoms with E-state index in [4.69, 9.17) is 4.74 Å². The lowest BCUT2D eigenvalue weighted by molar-refractivity contribution is 0.0715. The second kappa shape index (κ2) is 5.56. The number of carbonyl (C=O) groups is 1. The fourth-order valence-electron chi connectivity index (χ4n) is 3.08. The zero-order valence-corrected chi connectivity index (χ0v) is 13.0. The molecule has 3 heterocycles. The molecule has 2 atom stereocenters. The Hall–Kier alpha value is -1.58. The predicted molar refractivity (Wildman–Crippen MR) is 77.5 cm³/mol. The highest BCUT2D eigenvalue weighted by atomic mass is 32.2. The molecule has 22 heavy (non-hydrogen) atoms. The Morgan fingerprint density at radius 2 is 2.36 bits per heavy atom. The van der Waals surface area contributed by atoms with Crippen molar-refractivity contribution >= 4 is 15.9 Å². The highest BCUT2D eigenvalue weighted by molar-refractivity contribution is 7.88. The number of sulfonamides is 1. The van der Waals surface area contributed by atoms with E-state index in [-0.39, 0.29) is 23.8 Å². The largest absolute Gasteiger partial charge is 0.380 e. The van der Waals surface area contributed by atoms with Crippen molar-refractivity contribution < 1.29 is 17.9 Å². The molecule has 0 spiro atoms. The van der Waals surface area contributed by atoms with Crippen molar-refractivity contribution in [2.75, 3.05) is 39.1 Å². The summed E-state index contributed by atoms with van der Waals surface area (Å²) in [5.41, 5.74) is -0.0596. The number of amides is 1. The number of nitrogens with one attached hydrogen (secondary N) is 1. The van der Waals surface area contributed by atoms with Crippen LogP contribution in [-0.2, 0) is 14.8 Å². The van der Waals surface area contributed by atoms with Crippen molar-refractivity contribution in [1.29, 1.82) is 0 Å². The van der Waals surface area contributed by atoms with Crippen LogP contribution in [0.3, 0.4) is 0 Å². The molecule has 0 saturated carbocycles. The van der Waals surface area contributed by atoms with Crippen LogP contribution in [0.2, 0.25) is 0 Å². The average molecular weight is 326 g/mol. The summed E-state index contributed by atoms with van der Waals surface area (Å²) >= 11 is 0. The lowest BCUT2D eigenvalue weighted by atomic mass is 9.81. The Kier molecular flexibility index (Phi) is 3.87. The molecule has 2 aliphatic rings. The van der Waals surface area contributed by atoms with Crippen molar-refractivity contribution in [2.45, 2.75) is 0 Å². The molecule has 1 N–H and O–H groups in total. The maximum absolute atomic E-state index is 12.5. The molecule has 2 saturated heterocycles. The molecule has 0 aliphatic carbocycles. The van der Waals surface area contributed by atoms with Gasteiger partial charge in [0, 0.05) is 43.4 Å². The molecule has 0 radical (unpaired) electrons. The van der Waals surface area contributed by atoms with Crippen LogP contribution in [0, 0.1) is 11.3 Å². The molecule has 0 unspecified atom stereocenters. The van der Waals surface area contributed by atoms with E-state index in [1.54, 1.807) is 4.90 Å². The van der Waals surface area contributed by atoms with E-state index >= 15 is 0 Å². The first-order valence-corrected chi connectivity index (χ1v) is 8.86. The molecule has 120 valence electrons. The summed E-state index contributed by atoms with van der Waals surface area (Å²) in [7, 11) is -3.28. The van der Waals surface area contributed by atoms with Crippen LogP contribution in [0.1, 0.15) is 10.5 Å². The fourth-order valence-corrected chi connectivity index (χ4v) is 3.63. The van der Waals surface area contributed by atoms with Crippen LogP contribution in [0.25, 0.3) is 0 Å². The molecule has 1 aromatic heterocycles. The van der Waals surface area contributed by atoms with Gasteiger partial charge in [0.2, 0.25) is 10.0 Å². The number of hydrogen-bond donors (Lipinski definition) is 1. The predicted octanol–water partition coefficient (Wildman–Crippen LogP) is -0.886. The van der Waals surface area contributed by atoms with Crippen molar-refractivity contribution in [2.24, 2.45) is 11.3 Å². The monoisotopic (exact) mass is 326 g/mol. The third-order valence-corrected chi connectivity index (χ3v) is 4.95. The minimum absolute atomic E-state index is 0.127. The zero-order chi connectivity index (χ0) is 15.8. The summed E-state index contributed by atoms with van der Waals surface area (Å²) in [5.74, 6) is -0.0522. The lowest BCUT2D eigenvalue weighted by Crippen LogP contribution is -2.43. The van der Waals surface area contributed by atoms with Crippen LogP contribution in [0.15, 0.2) is 18.6 Å². The number of aromatic nitrogens is 2. The number of ether oxygens (including phenoxy) is 1. The SMILES string of the molecule is CS(=O)(=O)NC[C@]12COC[C@H]1CN(C(=O)c1cnccn1)C2. The van der Waals surface area contributed by atoms with Gasteiger partial charge in [-0.15, -0.1) is 0 Å². The Bertz CT molecular complexity index is 666. The maximum Gasteiger partial charge on any atom is 0.274 e. The number of fused-ring (bicyclic) bond motifs is 1. The van der Waals surface area contributed by atoms with Gasteiger partial charge in [0.1, 0.15) is 5.69 Å². The summed E-state index contributed by atoms with van der Waals surface area (Å²) in [5, 5.41) is 0. The standard InChI is InChI=1S/C13H18N4O4S/c1-22(19,20)16-7-13-8-17(5-10(13)6-21-9-13)12(18)11-4-14-2-3-15-11/h2-4,10,16H,5-9H2,1H3/t10-,13+/m1/s1. The molecule has 1 amide bonds. The van der Waals surface area contributed by atoms with Gasteiger partial charge in [-0.05, 0) is 0 Å². The van der Waals surface area contributed by atoms with Crippen molar-refractivity contribution in [1.82, 2.24) is 19.6 Å². The van der Waals surface area contributed by atoms with E-state index in [9.17, 15) is 13.2 Å². The van der Waals surface area contributed by atoms with Crippen LogP contribution >= 0.6 is 0 Å². The molecule has 2 fully saturated rings. The highest BCUT2D eigenvalue weighted by Crippen LogP contribution is 2.41. The van der Waals surface area contributed by atoms with Gasteiger partial charge in [-0.3, -0.25) is 9.78 Å². The Morgan fingerprint density at radius 3 is 3.05 bits per heavy atom. The van der Waals surface area contributed by atoms with Crippen LogP contribution in [0.5, 0.6) is 0 Å². The van der Waals surface area contributed by atoms with Crippen molar-refractivity contribution in [3.8, 4) is 0 Å². The number of nitrogens with zero attached hydrogens (tertiary/aromatic N) is 3. The van der Waals surface area contributed by atoms with Gasteiger partial charge >= 0.3 is 0 Å². The zero-order valence-electron chi connectivity index (χ0n) is 12.2. The van der Waals surface area contributed by atoms with E-state index in [1.165, 1.54) is 18.6 Å². The lowest BCUT2D eigenvalue weighted by Gasteiger charge is -2.26. The molecular weight excluding hydrogens is 308 g/mol. The molecular formula is C13H18N4O4S. The molecule has 8 nitrogen and oxygen atoms in total. The van der Waals surface area contributed by atoms with E-state index in [0.29, 0.717) is 32.0 Å². The summed E-state index contributed by atoms with van der Waals surface area (Å²) in [6, 6.07) is 0. The molecule has 1 aromatic rings. The summed E-state index contributed by atoms with van der Waals surface area (Å²) in [6.07, 6.45) is 5.56. The third kappa shape index (κ3) is 2.96. The van der Waals surface area contributed by atoms with Crippen LogP contribution in [-0.4, -0.2) is 68.3 Å². The highest BCUT2D eigenvalue weighted by Gasteiger charge is 2.52. The average Bonchev–Trinajstić information content (AvgIpc) is 3.02. The van der Waals surface area contributed by atoms with Gasteiger partial charge < -0.3 is 9.64 Å². The quantitative estimate of drug-likeness (QED) is 0.770. The van der Waals surface area contributed by atoms with E-state index in [0.717, 1.165) is 6.26 Å². The van der Waals surface area contributed by atoms with E-state index in [2.05, 4.69) is 14.7 Å². The molecule has 2 aliphatic heterocycles. The summed E-state index contributed by atoms with van der Waals surface area (Å²) in [4.78, 5) is 22.1. The number of rotatable bonds is 4. The minimum atomic E-state index is -3.28. The number of likely N-dealkylation sites (tertiary alicyclic amines) is 1. The topological polar surface area (TPSA) is 101 Å². The molecule has 9 heteroatoms. The molecule has 3 rings (SSSR count). The van der Waals surface area contributed by atoms with Crippen molar-refractivity contribution in [3.05, 3.63) is 24.3 Å².